The van der Waals surface area contributed by atoms with Crippen LogP contribution in [0.2, 0.25) is 0 Å². The highest BCUT2D eigenvalue weighted by atomic mass is 16.1. The van der Waals surface area contributed by atoms with Gasteiger partial charge in [-0.3, -0.25) is 4.79 Å². The molecule has 0 aliphatic rings. The minimum Gasteiger partial charge on any atom is -0.351 e. The third kappa shape index (κ3) is 2.43. The van der Waals surface area contributed by atoms with Gasteiger partial charge in [0, 0.05) is 18.3 Å². The lowest BCUT2D eigenvalue weighted by atomic mass is 10.3. The summed E-state index contributed by atoms with van der Waals surface area (Å²) in [5, 5.41) is 6.97. The molecule has 0 bridgehead atoms. The number of hydrogen-bond acceptors (Lipinski definition) is 3. The molecule has 0 radical (unpaired) electrons. The molecule has 0 saturated carbocycles. The van der Waals surface area contributed by atoms with E-state index in [2.05, 4.69) is 22.3 Å². The summed E-state index contributed by atoms with van der Waals surface area (Å²) in [6, 6.07) is 3.54. The number of aromatic nitrogens is 3. The summed E-state index contributed by atoms with van der Waals surface area (Å²) in [6.07, 6.45) is 3.72. The largest absolute Gasteiger partial charge is 0.351 e. The van der Waals surface area contributed by atoms with Crippen molar-refractivity contribution in [3.05, 3.63) is 29.7 Å². The molecule has 0 aliphatic heterocycles. The Bertz CT molecular complexity index is 532. The van der Waals surface area contributed by atoms with Gasteiger partial charge in [0.1, 0.15) is 5.69 Å². The van der Waals surface area contributed by atoms with E-state index in [0.29, 0.717) is 17.9 Å². The summed E-state index contributed by atoms with van der Waals surface area (Å²) in [5.74, 6) is -0.120. The van der Waals surface area contributed by atoms with E-state index in [1.165, 1.54) is 0 Å². The summed E-state index contributed by atoms with van der Waals surface area (Å²) >= 11 is 0. The Hall–Kier alpha value is -1.91. The Morgan fingerprint density at radius 3 is 3.12 bits per heavy atom. The SMILES string of the molecule is CCCCNC(=O)c1cc(C)n2nccc2n1. The number of carbonyl (C=O) groups is 1. The summed E-state index contributed by atoms with van der Waals surface area (Å²) in [5.41, 5.74) is 2.05. The number of amides is 1. The van der Waals surface area contributed by atoms with Gasteiger partial charge in [0.2, 0.25) is 0 Å². The maximum absolute atomic E-state index is 11.8. The van der Waals surface area contributed by atoms with Gasteiger partial charge in [0.05, 0.1) is 6.20 Å². The minimum absolute atomic E-state index is 0.120. The van der Waals surface area contributed by atoms with Crippen LogP contribution in [0.3, 0.4) is 0 Å². The molecule has 0 saturated heterocycles. The number of rotatable bonds is 4. The summed E-state index contributed by atoms with van der Waals surface area (Å²) in [6.45, 7) is 4.69. The fourth-order valence-corrected chi connectivity index (χ4v) is 1.65. The quantitative estimate of drug-likeness (QED) is 0.814. The molecule has 0 aromatic carbocycles. The lowest BCUT2D eigenvalue weighted by Crippen LogP contribution is -2.25. The van der Waals surface area contributed by atoms with Gasteiger partial charge in [-0.2, -0.15) is 5.10 Å². The van der Waals surface area contributed by atoms with Crippen molar-refractivity contribution in [3.8, 4) is 0 Å². The standard InChI is InChI=1S/C12H16N4O/c1-3-4-6-13-12(17)10-8-9(2)16-11(15-10)5-7-14-16/h5,7-8H,3-4,6H2,1-2H3,(H,13,17). The zero-order valence-corrected chi connectivity index (χ0v) is 10.1. The third-order valence-corrected chi connectivity index (χ3v) is 2.59. The van der Waals surface area contributed by atoms with Gasteiger partial charge in [0.25, 0.3) is 5.91 Å². The first-order valence-corrected chi connectivity index (χ1v) is 5.82. The van der Waals surface area contributed by atoms with Gasteiger partial charge in [-0.05, 0) is 19.4 Å². The van der Waals surface area contributed by atoms with E-state index in [1.54, 1.807) is 22.8 Å². The van der Waals surface area contributed by atoms with Gasteiger partial charge in [-0.25, -0.2) is 9.50 Å². The highest BCUT2D eigenvalue weighted by Gasteiger charge is 2.09. The molecule has 2 rings (SSSR count). The fraction of sp³-hybridized carbons (Fsp3) is 0.417. The average Bonchev–Trinajstić information content (AvgIpc) is 2.77. The van der Waals surface area contributed by atoms with Gasteiger partial charge < -0.3 is 5.32 Å². The summed E-state index contributed by atoms with van der Waals surface area (Å²) in [7, 11) is 0. The molecule has 5 nitrogen and oxygen atoms in total. The van der Waals surface area contributed by atoms with Crippen LogP contribution in [-0.4, -0.2) is 27.0 Å². The summed E-state index contributed by atoms with van der Waals surface area (Å²) in [4.78, 5) is 16.1. The number of hydrogen-bond donors (Lipinski definition) is 1. The molecule has 0 spiro atoms. The van der Waals surface area contributed by atoms with E-state index < -0.39 is 0 Å². The zero-order valence-electron chi connectivity index (χ0n) is 10.1. The predicted molar refractivity (Wildman–Crippen MR) is 65.0 cm³/mol. The van der Waals surface area contributed by atoms with Crippen LogP contribution in [-0.2, 0) is 0 Å². The zero-order chi connectivity index (χ0) is 12.3. The van der Waals surface area contributed by atoms with Crippen LogP contribution >= 0.6 is 0 Å². The second-order valence-corrected chi connectivity index (χ2v) is 3.99. The molecule has 2 aromatic heterocycles. The fourth-order valence-electron chi connectivity index (χ4n) is 1.65. The van der Waals surface area contributed by atoms with Crippen molar-refractivity contribution in [2.24, 2.45) is 0 Å². The molecule has 2 aromatic rings. The Kier molecular flexibility index (Phi) is 3.37. The second-order valence-electron chi connectivity index (χ2n) is 3.99. The van der Waals surface area contributed by atoms with Crippen LogP contribution < -0.4 is 5.32 Å². The lowest BCUT2D eigenvalue weighted by molar-refractivity contribution is 0.0948. The van der Waals surface area contributed by atoms with Crippen LogP contribution in [0, 0.1) is 6.92 Å². The Morgan fingerprint density at radius 2 is 2.35 bits per heavy atom. The maximum atomic E-state index is 11.8. The van der Waals surface area contributed by atoms with Crippen LogP contribution in [0.25, 0.3) is 5.65 Å². The molecule has 0 unspecified atom stereocenters. The van der Waals surface area contributed by atoms with E-state index in [4.69, 9.17) is 0 Å². The number of aryl methyl sites for hydroxylation is 1. The number of nitrogens with zero attached hydrogens (tertiary/aromatic N) is 3. The molecule has 2 heterocycles. The number of fused-ring (bicyclic) bond motifs is 1. The van der Waals surface area contributed by atoms with Crippen LogP contribution in [0.1, 0.15) is 35.9 Å². The minimum atomic E-state index is -0.120. The number of carbonyl (C=O) groups excluding carboxylic acids is 1. The van der Waals surface area contributed by atoms with Crippen LogP contribution in [0.15, 0.2) is 18.3 Å². The smallest absolute Gasteiger partial charge is 0.270 e. The Balaban J connectivity index is 2.20. The van der Waals surface area contributed by atoms with Crippen molar-refractivity contribution < 1.29 is 4.79 Å². The highest BCUT2D eigenvalue weighted by molar-refractivity contribution is 5.92. The van der Waals surface area contributed by atoms with E-state index in [1.807, 2.05) is 6.92 Å². The van der Waals surface area contributed by atoms with Crippen molar-refractivity contribution in [1.29, 1.82) is 0 Å². The molecule has 0 fully saturated rings. The first-order valence-electron chi connectivity index (χ1n) is 5.82. The molecular formula is C12H16N4O. The summed E-state index contributed by atoms with van der Waals surface area (Å²) < 4.78 is 1.71. The topological polar surface area (TPSA) is 59.3 Å². The normalized spacial score (nSPS) is 10.7. The van der Waals surface area contributed by atoms with E-state index in [-0.39, 0.29) is 5.91 Å². The van der Waals surface area contributed by atoms with Gasteiger partial charge in [-0.15, -0.1) is 0 Å². The first-order chi connectivity index (χ1) is 8.22. The van der Waals surface area contributed by atoms with Crippen molar-refractivity contribution in [1.82, 2.24) is 19.9 Å². The third-order valence-electron chi connectivity index (χ3n) is 2.59. The van der Waals surface area contributed by atoms with E-state index >= 15 is 0 Å². The van der Waals surface area contributed by atoms with Crippen molar-refractivity contribution in [3.63, 3.8) is 0 Å². The van der Waals surface area contributed by atoms with Crippen LogP contribution in [0.5, 0.6) is 0 Å². The number of nitrogens with one attached hydrogen (secondary N) is 1. The van der Waals surface area contributed by atoms with Crippen molar-refractivity contribution in [2.45, 2.75) is 26.7 Å². The molecule has 0 atom stereocenters. The van der Waals surface area contributed by atoms with Crippen molar-refractivity contribution in [2.75, 3.05) is 6.54 Å². The Morgan fingerprint density at radius 1 is 1.53 bits per heavy atom. The Labute approximate surface area is 99.9 Å². The molecular weight excluding hydrogens is 216 g/mol. The first kappa shape index (κ1) is 11.6. The van der Waals surface area contributed by atoms with Gasteiger partial charge in [-0.1, -0.05) is 13.3 Å². The predicted octanol–water partition coefficient (Wildman–Crippen LogP) is 1.57. The van der Waals surface area contributed by atoms with E-state index in [0.717, 1.165) is 18.5 Å². The molecule has 0 aliphatic carbocycles. The second kappa shape index (κ2) is 4.95. The molecule has 5 heteroatoms. The molecule has 1 amide bonds. The van der Waals surface area contributed by atoms with Crippen molar-refractivity contribution >= 4 is 11.6 Å². The van der Waals surface area contributed by atoms with Gasteiger partial charge in [0.15, 0.2) is 5.65 Å². The van der Waals surface area contributed by atoms with Gasteiger partial charge >= 0.3 is 0 Å². The molecule has 90 valence electrons. The lowest BCUT2D eigenvalue weighted by Gasteiger charge is -2.05. The maximum Gasteiger partial charge on any atom is 0.270 e. The van der Waals surface area contributed by atoms with Crippen LogP contribution in [0.4, 0.5) is 0 Å². The average molecular weight is 232 g/mol. The number of unbranched alkanes of at least 4 members (excludes halogenated alkanes) is 1. The molecule has 17 heavy (non-hydrogen) atoms. The molecule has 1 N–H and O–H groups in total. The monoisotopic (exact) mass is 232 g/mol. The highest BCUT2D eigenvalue weighted by Crippen LogP contribution is 2.06. The van der Waals surface area contributed by atoms with E-state index in [9.17, 15) is 4.79 Å².